The molecule has 0 saturated heterocycles. The molecular weight excluding hydrogens is 239 g/mol. The largest absolute Gasteiger partial charge is 0.389 e. The number of hydrazone groups is 1. The third-order valence-electron chi connectivity index (χ3n) is 2.09. The van der Waals surface area contributed by atoms with Crippen molar-refractivity contribution in [1.29, 1.82) is 0 Å². The Morgan fingerprint density at radius 3 is 2.65 bits per heavy atom. The van der Waals surface area contributed by atoms with E-state index in [9.17, 15) is 22.8 Å². The molecule has 2 N–H and O–H groups in total. The fraction of sp³-hybridized carbons (Fsp3) is 0.667. The summed E-state index contributed by atoms with van der Waals surface area (Å²) in [6.07, 6.45) is -4.95. The summed E-state index contributed by atoms with van der Waals surface area (Å²) in [5, 5.41) is 5.84. The van der Waals surface area contributed by atoms with E-state index in [2.05, 4.69) is 15.8 Å². The van der Waals surface area contributed by atoms with Crippen LogP contribution in [0.2, 0.25) is 0 Å². The molecule has 0 bridgehead atoms. The Morgan fingerprint density at radius 1 is 1.41 bits per heavy atom. The number of hydrogen-bond donors (Lipinski definition) is 2. The van der Waals surface area contributed by atoms with Gasteiger partial charge in [0.25, 0.3) is 5.91 Å². The molecule has 0 fully saturated rings. The van der Waals surface area contributed by atoms with Gasteiger partial charge in [-0.2, -0.15) is 18.3 Å². The molecule has 0 aromatic carbocycles. The van der Waals surface area contributed by atoms with E-state index in [1.165, 1.54) is 0 Å². The number of nitrogens with zero attached hydrogens (tertiary/aromatic N) is 1. The molecule has 8 heteroatoms. The Balaban J connectivity index is 2.24. The van der Waals surface area contributed by atoms with Gasteiger partial charge >= 0.3 is 6.18 Å². The third-order valence-corrected chi connectivity index (χ3v) is 2.09. The van der Waals surface area contributed by atoms with E-state index in [1.807, 2.05) is 0 Å². The summed E-state index contributed by atoms with van der Waals surface area (Å²) in [6.45, 7) is -0.0642. The molecule has 0 aromatic rings. The summed E-state index contributed by atoms with van der Waals surface area (Å²) in [5.74, 6) is -0.814. The summed E-state index contributed by atoms with van der Waals surface area (Å²) in [5.41, 5.74) is 2.27. The predicted octanol–water partition coefficient (Wildman–Crippen LogP) is 0.711. The second-order valence-corrected chi connectivity index (χ2v) is 3.57. The highest BCUT2D eigenvalue weighted by molar-refractivity contribution is 6.39. The van der Waals surface area contributed by atoms with Crippen LogP contribution in [-0.4, -0.2) is 30.2 Å². The Kier molecular flexibility index (Phi) is 4.47. The van der Waals surface area contributed by atoms with Crippen molar-refractivity contribution in [2.45, 2.75) is 31.9 Å². The fourth-order valence-electron chi connectivity index (χ4n) is 1.23. The van der Waals surface area contributed by atoms with E-state index >= 15 is 0 Å². The molecule has 1 aliphatic rings. The number of alkyl halides is 3. The summed E-state index contributed by atoms with van der Waals surface area (Å²) in [6, 6.07) is 0. The van der Waals surface area contributed by atoms with Gasteiger partial charge in [0, 0.05) is 25.8 Å². The molecule has 0 aliphatic carbocycles. The van der Waals surface area contributed by atoms with Crippen molar-refractivity contribution >= 4 is 17.5 Å². The van der Waals surface area contributed by atoms with E-state index in [0.29, 0.717) is 0 Å². The number of carbonyl (C=O) groups excluding carboxylic acids is 2. The van der Waals surface area contributed by atoms with Crippen LogP contribution in [0.3, 0.4) is 0 Å². The maximum absolute atomic E-state index is 11.8. The number of hydrogen-bond acceptors (Lipinski definition) is 3. The second kappa shape index (κ2) is 5.65. The summed E-state index contributed by atoms with van der Waals surface area (Å²) >= 11 is 0. The monoisotopic (exact) mass is 251 g/mol. The van der Waals surface area contributed by atoms with Gasteiger partial charge in [-0.25, -0.2) is 5.43 Å². The highest BCUT2D eigenvalue weighted by Gasteiger charge is 2.26. The van der Waals surface area contributed by atoms with E-state index in [1.54, 1.807) is 0 Å². The molecule has 0 spiro atoms. The molecule has 96 valence electrons. The topological polar surface area (TPSA) is 70.6 Å². The lowest BCUT2D eigenvalue weighted by molar-refractivity contribution is -0.135. The Morgan fingerprint density at radius 2 is 2.12 bits per heavy atom. The fourth-order valence-corrected chi connectivity index (χ4v) is 1.23. The van der Waals surface area contributed by atoms with Gasteiger partial charge in [0.15, 0.2) is 0 Å². The van der Waals surface area contributed by atoms with Crippen LogP contribution in [0.15, 0.2) is 5.10 Å². The summed E-state index contributed by atoms with van der Waals surface area (Å²) < 4.78 is 35.4. The Labute approximate surface area is 95.4 Å². The molecule has 0 saturated carbocycles. The van der Waals surface area contributed by atoms with Gasteiger partial charge in [-0.1, -0.05) is 0 Å². The van der Waals surface area contributed by atoms with Crippen LogP contribution in [0.4, 0.5) is 13.2 Å². The SMILES string of the molecule is O=C1CCC(C(=O)NCCCC(F)(F)F)=NN1. The minimum absolute atomic E-state index is 0.0642. The lowest BCUT2D eigenvalue weighted by Gasteiger charge is -2.12. The van der Waals surface area contributed by atoms with E-state index < -0.39 is 18.5 Å². The van der Waals surface area contributed by atoms with Crippen LogP contribution in [0.1, 0.15) is 25.7 Å². The molecule has 0 unspecified atom stereocenters. The van der Waals surface area contributed by atoms with Crippen molar-refractivity contribution < 1.29 is 22.8 Å². The first-order chi connectivity index (χ1) is 7.88. The van der Waals surface area contributed by atoms with Gasteiger partial charge in [-0.15, -0.1) is 0 Å². The van der Waals surface area contributed by atoms with Gasteiger partial charge in [-0.05, 0) is 6.42 Å². The minimum atomic E-state index is -4.21. The van der Waals surface area contributed by atoms with E-state index in [-0.39, 0.29) is 37.4 Å². The molecule has 1 aliphatic heterocycles. The van der Waals surface area contributed by atoms with E-state index in [4.69, 9.17) is 0 Å². The number of carbonyl (C=O) groups is 2. The number of amides is 2. The van der Waals surface area contributed by atoms with E-state index in [0.717, 1.165) is 0 Å². The van der Waals surface area contributed by atoms with Crippen molar-refractivity contribution in [1.82, 2.24) is 10.7 Å². The van der Waals surface area contributed by atoms with Crippen LogP contribution in [0.5, 0.6) is 0 Å². The average molecular weight is 251 g/mol. The maximum atomic E-state index is 11.8. The molecule has 1 heterocycles. The van der Waals surface area contributed by atoms with Crippen molar-refractivity contribution in [3.8, 4) is 0 Å². The van der Waals surface area contributed by atoms with Crippen LogP contribution in [0, 0.1) is 0 Å². The Bertz CT molecular complexity index is 339. The summed E-state index contributed by atoms with van der Waals surface area (Å²) in [4.78, 5) is 22.1. The van der Waals surface area contributed by atoms with Crippen molar-refractivity contribution in [3.63, 3.8) is 0 Å². The Hall–Kier alpha value is -1.60. The predicted molar refractivity (Wildman–Crippen MR) is 53.1 cm³/mol. The molecule has 1 rings (SSSR count). The van der Waals surface area contributed by atoms with Gasteiger partial charge in [0.1, 0.15) is 5.71 Å². The van der Waals surface area contributed by atoms with Crippen molar-refractivity contribution in [2.75, 3.05) is 6.54 Å². The average Bonchev–Trinajstić information content (AvgIpc) is 2.24. The smallest absolute Gasteiger partial charge is 0.351 e. The van der Waals surface area contributed by atoms with Crippen LogP contribution >= 0.6 is 0 Å². The molecule has 0 atom stereocenters. The normalized spacial score (nSPS) is 16.2. The summed E-state index contributed by atoms with van der Waals surface area (Å²) in [7, 11) is 0. The molecule has 17 heavy (non-hydrogen) atoms. The maximum Gasteiger partial charge on any atom is 0.389 e. The number of rotatable bonds is 4. The molecular formula is C9H12F3N3O2. The van der Waals surface area contributed by atoms with Crippen LogP contribution < -0.4 is 10.7 Å². The highest BCUT2D eigenvalue weighted by atomic mass is 19.4. The first-order valence-corrected chi connectivity index (χ1v) is 5.09. The second-order valence-electron chi connectivity index (χ2n) is 3.57. The first-order valence-electron chi connectivity index (χ1n) is 5.09. The zero-order chi connectivity index (χ0) is 12.9. The lowest BCUT2D eigenvalue weighted by Crippen LogP contribution is -2.37. The van der Waals surface area contributed by atoms with Crippen LogP contribution in [0.25, 0.3) is 0 Å². The molecule has 0 radical (unpaired) electrons. The lowest BCUT2D eigenvalue weighted by atomic mass is 10.1. The quantitative estimate of drug-likeness (QED) is 0.722. The standard InChI is InChI=1S/C9H12F3N3O2/c10-9(11,12)4-1-5-13-8(17)6-2-3-7(16)15-14-6/h1-5H2,(H,13,17)(H,15,16). The first kappa shape index (κ1) is 13.5. The third kappa shape index (κ3) is 5.32. The van der Waals surface area contributed by atoms with Gasteiger partial charge in [0.2, 0.25) is 5.91 Å². The van der Waals surface area contributed by atoms with Gasteiger partial charge < -0.3 is 5.32 Å². The zero-order valence-electron chi connectivity index (χ0n) is 8.93. The molecule has 0 aromatic heterocycles. The number of nitrogens with one attached hydrogen (secondary N) is 2. The minimum Gasteiger partial charge on any atom is -0.351 e. The molecule has 5 nitrogen and oxygen atoms in total. The van der Waals surface area contributed by atoms with Gasteiger partial charge in [0.05, 0.1) is 0 Å². The van der Waals surface area contributed by atoms with Crippen molar-refractivity contribution in [3.05, 3.63) is 0 Å². The van der Waals surface area contributed by atoms with Crippen LogP contribution in [-0.2, 0) is 9.59 Å². The van der Waals surface area contributed by atoms with Gasteiger partial charge in [-0.3, -0.25) is 9.59 Å². The number of halogens is 3. The highest BCUT2D eigenvalue weighted by Crippen LogP contribution is 2.20. The zero-order valence-corrected chi connectivity index (χ0v) is 8.93. The molecule has 2 amide bonds. The van der Waals surface area contributed by atoms with Crippen molar-refractivity contribution in [2.24, 2.45) is 5.10 Å².